The van der Waals surface area contributed by atoms with E-state index >= 15 is 0 Å². The van der Waals surface area contributed by atoms with Crippen LogP contribution in [0.1, 0.15) is 38.2 Å². The van der Waals surface area contributed by atoms with E-state index in [9.17, 15) is 8.42 Å². The van der Waals surface area contributed by atoms with Gasteiger partial charge in [0.25, 0.3) is 0 Å². The van der Waals surface area contributed by atoms with Crippen LogP contribution in [0.2, 0.25) is 5.02 Å². The average Bonchev–Trinajstić information content (AvgIpc) is 2.89. The summed E-state index contributed by atoms with van der Waals surface area (Å²) in [6.07, 6.45) is 6.35. The third-order valence-corrected chi connectivity index (χ3v) is 5.72. The van der Waals surface area contributed by atoms with Crippen LogP contribution < -0.4 is 5.32 Å². The van der Waals surface area contributed by atoms with Crippen LogP contribution in [-0.4, -0.2) is 20.7 Å². The fraction of sp³-hybridized carbons (Fsp3) is 0.600. The van der Waals surface area contributed by atoms with E-state index in [4.69, 9.17) is 11.6 Å². The molecular weight excluding hydrogens is 294 g/mol. The largest absolute Gasteiger partial charge is 0.310 e. The number of hydrogen-bond donors (Lipinski definition) is 1. The maximum absolute atomic E-state index is 11.8. The van der Waals surface area contributed by atoms with Crippen LogP contribution in [-0.2, 0) is 16.4 Å². The lowest BCUT2D eigenvalue weighted by molar-refractivity contribution is 0.379. The Morgan fingerprint density at radius 3 is 2.60 bits per heavy atom. The molecule has 1 fully saturated rings. The van der Waals surface area contributed by atoms with E-state index in [0.717, 1.165) is 0 Å². The summed E-state index contributed by atoms with van der Waals surface area (Å²) in [4.78, 5) is 0.330. The number of rotatable bonds is 5. The van der Waals surface area contributed by atoms with Gasteiger partial charge in [0, 0.05) is 29.4 Å². The van der Waals surface area contributed by atoms with Crippen molar-refractivity contribution in [2.75, 3.05) is 6.26 Å². The van der Waals surface area contributed by atoms with Crippen LogP contribution in [0.4, 0.5) is 0 Å². The van der Waals surface area contributed by atoms with Crippen LogP contribution in [0, 0.1) is 5.92 Å². The Labute approximate surface area is 126 Å². The zero-order valence-electron chi connectivity index (χ0n) is 12.0. The minimum absolute atomic E-state index is 0.330. The average molecular weight is 316 g/mol. The van der Waals surface area contributed by atoms with Crippen molar-refractivity contribution in [1.29, 1.82) is 0 Å². The molecule has 0 amide bonds. The molecule has 0 heterocycles. The Hall–Kier alpha value is -0.580. The molecule has 0 radical (unpaired) electrons. The molecule has 2 rings (SSSR count). The second kappa shape index (κ2) is 6.46. The Morgan fingerprint density at radius 2 is 2.00 bits per heavy atom. The number of hydrogen-bond acceptors (Lipinski definition) is 3. The lowest BCUT2D eigenvalue weighted by atomic mass is 9.99. The van der Waals surface area contributed by atoms with Gasteiger partial charge in [-0.2, -0.15) is 0 Å². The minimum Gasteiger partial charge on any atom is -0.310 e. The zero-order valence-corrected chi connectivity index (χ0v) is 13.6. The normalized spacial score (nSPS) is 18.4. The van der Waals surface area contributed by atoms with Gasteiger partial charge in [-0.05, 0) is 37.8 Å². The molecule has 0 spiro atoms. The number of halogens is 1. The van der Waals surface area contributed by atoms with Gasteiger partial charge in [-0.25, -0.2) is 8.42 Å². The predicted octanol–water partition coefficient (Wildman–Crippen LogP) is 3.41. The van der Waals surface area contributed by atoms with Crippen molar-refractivity contribution < 1.29 is 8.42 Å². The van der Waals surface area contributed by atoms with Crippen molar-refractivity contribution in [2.45, 2.75) is 50.1 Å². The van der Waals surface area contributed by atoms with E-state index in [-0.39, 0.29) is 0 Å². The lowest BCUT2D eigenvalue weighted by Crippen LogP contribution is -2.32. The van der Waals surface area contributed by atoms with Gasteiger partial charge in [-0.3, -0.25) is 0 Å². The summed E-state index contributed by atoms with van der Waals surface area (Å²) in [5.74, 6) is 0.694. The highest BCUT2D eigenvalue weighted by molar-refractivity contribution is 7.90. The highest BCUT2D eigenvalue weighted by Crippen LogP contribution is 2.29. The van der Waals surface area contributed by atoms with Crippen molar-refractivity contribution in [1.82, 2.24) is 5.32 Å². The summed E-state index contributed by atoms with van der Waals surface area (Å²) in [5.41, 5.74) is 0.682. The molecule has 20 heavy (non-hydrogen) atoms. The molecule has 1 aliphatic rings. The molecule has 1 atom stereocenters. The smallest absolute Gasteiger partial charge is 0.175 e. The molecule has 0 saturated heterocycles. The van der Waals surface area contributed by atoms with Gasteiger partial charge >= 0.3 is 0 Å². The summed E-state index contributed by atoms with van der Waals surface area (Å²) < 4.78 is 23.6. The van der Waals surface area contributed by atoms with Gasteiger partial charge in [-0.1, -0.05) is 30.5 Å². The quantitative estimate of drug-likeness (QED) is 0.905. The first kappa shape index (κ1) is 15.8. The van der Waals surface area contributed by atoms with Gasteiger partial charge in [-0.15, -0.1) is 0 Å². The molecule has 0 aromatic heterocycles. The summed E-state index contributed by atoms with van der Waals surface area (Å²) >= 11 is 6.17. The van der Waals surface area contributed by atoms with E-state index in [2.05, 4.69) is 12.2 Å². The number of sulfone groups is 1. The highest BCUT2D eigenvalue weighted by atomic mass is 35.5. The molecule has 3 nitrogen and oxygen atoms in total. The number of benzene rings is 1. The van der Waals surface area contributed by atoms with E-state index in [1.165, 1.54) is 31.9 Å². The topological polar surface area (TPSA) is 46.2 Å². The summed E-state index contributed by atoms with van der Waals surface area (Å²) in [6.45, 7) is 2.67. The fourth-order valence-corrected chi connectivity index (χ4v) is 4.20. The van der Waals surface area contributed by atoms with E-state index in [0.29, 0.717) is 34.0 Å². The molecule has 1 aliphatic carbocycles. The van der Waals surface area contributed by atoms with Gasteiger partial charge < -0.3 is 5.32 Å². The van der Waals surface area contributed by atoms with Crippen molar-refractivity contribution in [2.24, 2.45) is 5.92 Å². The summed E-state index contributed by atoms with van der Waals surface area (Å²) in [7, 11) is -3.25. The highest BCUT2D eigenvalue weighted by Gasteiger charge is 2.22. The van der Waals surface area contributed by atoms with Crippen molar-refractivity contribution >= 4 is 21.4 Å². The Balaban J connectivity index is 2.12. The fourth-order valence-electron chi connectivity index (χ4n) is 2.94. The molecule has 0 bridgehead atoms. The van der Waals surface area contributed by atoms with Crippen LogP contribution >= 0.6 is 11.6 Å². The van der Waals surface area contributed by atoms with Crippen LogP contribution in [0.15, 0.2) is 23.1 Å². The molecule has 1 N–H and O–H groups in total. The van der Waals surface area contributed by atoms with Gasteiger partial charge in [0.2, 0.25) is 0 Å². The predicted molar refractivity (Wildman–Crippen MR) is 82.8 cm³/mol. The molecule has 1 saturated carbocycles. The third kappa shape index (κ3) is 3.74. The van der Waals surface area contributed by atoms with Crippen molar-refractivity contribution in [3.8, 4) is 0 Å². The molecule has 112 valence electrons. The molecule has 1 aromatic rings. The lowest BCUT2D eigenvalue weighted by Gasteiger charge is -2.21. The minimum atomic E-state index is -3.25. The SMILES string of the molecule is C[C@H](NCc1c(Cl)cccc1S(C)(=O)=O)C1CCCC1. The maximum Gasteiger partial charge on any atom is 0.175 e. The van der Waals surface area contributed by atoms with Crippen molar-refractivity contribution in [3.63, 3.8) is 0 Å². The Kier molecular flexibility index (Phi) is 5.10. The first-order valence-electron chi connectivity index (χ1n) is 7.10. The van der Waals surface area contributed by atoms with E-state index in [1.54, 1.807) is 18.2 Å². The Morgan fingerprint density at radius 1 is 1.35 bits per heavy atom. The van der Waals surface area contributed by atoms with Gasteiger partial charge in [0.1, 0.15) is 0 Å². The standard InChI is InChI=1S/C15H22ClNO2S/c1-11(12-6-3-4-7-12)17-10-13-14(16)8-5-9-15(13)20(2,18)19/h5,8-9,11-12,17H,3-4,6-7,10H2,1-2H3/t11-/m0/s1. The van der Waals surface area contributed by atoms with Gasteiger partial charge in [0.15, 0.2) is 9.84 Å². The first-order valence-corrected chi connectivity index (χ1v) is 9.37. The Bertz CT molecular complexity index is 565. The second-order valence-corrected chi connectivity index (χ2v) is 8.09. The third-order valence-electron chi connectivity index (χ3n) is 4.18. The molecule has 0 unspecified atom stereocenters. The number of nitrogens with one attached hydrogen (secondary N) is 1. The van der Waals surface area contributed by atoms with Crippen LogP contribution in [0.3, 0.4) is 0 Å². The molecule has 0 aliphatic heterocycles. The zero-order chi connectivity index (χ0) is 14.8. The summed E-state index contributed by atoms with van der Waals surface area (Å²) in [6, 6.07) is 5.44. The monoisotopic (exact) mass is 315 g/mol. The van der Waals surface area contributed by atoms with Crippen LogP contribution in [0.5, 0.6) is 0 Å². The maximum atomic E-state index is 11.8. The molecular formula is C15H22ClNO2S. The molecule has 1 aromatic carbocycles. The summed E-state index contributed by atoms with van der Waals surface area (Å²) in [5, 5.41) is 3.96. The van der Waals surface area contributed by atoms with Gasteiger partial charge in [0.05, 0.1) is 4.90 Å². The van der Waals surface area contributed by atoms with Crippen LogP contribution in [0.25, 0.3) is 0 Å². The first-order chi connectivity index (χ1) is 9.39. The van der Waals surface area contributed by atoms with Crippen molar-refractivity contribution in [3.05, 3.63) is 28.8 Å². The van der Waals surface area contributed by atoms with E-state index in [1.807, 2.05) is 0 Å². The second-order valence-electron chi connectivity index (χ2n) is 5.70. The van der Waals surface area contributed by atoms with E-state index < -0.39 is 9.84 Å². The molecule has 5 heteroatoms.